The van der Waals surface area contributed by atoms with Crippen molar-refractivity contribution in [2.24, 2.45) is 0 Å². The molecule has 0 atom stereocenters. The molecule has 0 spiro atoms. The molecule has 1 aromatic heterocycles. The number of nitrogens with zero attached hydrogens (tertiary/aromatic N) is 2. The Morgan fingerprint density at radius 3 is 2.32 bits per heavy atom. The summed E-state index contributed by atoms with van der Waals surface area (Å²) < 4.78 is 31.4. The van der Waals surface area contributed by atoms with Gasteiger partial charge in [0.05, 0.1) is 12.8 Å². The van der Waals surface area contributed by atoms with Crippen LogP contribution in [0.5, 0.6) is 5.75 Å². The molecule has 0 bridgehead atoms. The van der Waals surface area contributed by atoms with Crippen molar-refractivity contribution < 1.29 is 13.2 Å². The van der Waals surface area contributed by atoms with E-state index in [0.717, 1.165) is 15.1 Å². The number of hydrogen-bond acceptors (Lipinski definition) is 4. The first-order valence-corrected chi connectivity index (χ1v) is 7.21. The number of aryl methyl sites for hydroxylation is 3. The number of aromatic nitrogens is 2. The third-order valence-corrected chi connectivity index (χ3v) is 4.65. The summed E-state index contributed by atoms with van der Waals surface area (Å²) in [5, 5.41) is 0. The molecule has 6 heteroatoms. The second-order valence-electron chi connectivity index (χ2n) is 4.44. The predicted molar refractivity (Wildman–Crippen MR) is 72.0 cm³/mol. The number of rotatable bonds is 3. The maximum atomic E-state index is 12.5. The van der Waals surface area contributed by atoms with Crippen LogP contribution in [-0.2, 0) is 10.0 Å². The van der Waals surface area contributed by atoms with E-state index in [-0.39, 0.29) is 4.90 Å². The van der Waals surface area contributed by atoms with Crippen molar-refractivity contribution in [2.75, 3.05) is 7.11 Å². The molecule has 0 amide bonds. The molecular formula is C13H16N2O3S. The first-order valence-electron chi connectivity index (χ1n) is 5.77. The minimum atomic E-state index is -3.67. The minimum absolute atomic E-state index is 0.149. The predicted octanol–water partition coefficient (Wildman–Crippen LogP) is 2.05. The lowest BCUT2D eigenvalue weighted by molar-refractivity contribution is 0.402. The normalized spacial score (nSPS) is 11.6. The number of benzene rings is 1. The Kier molecular flexibility index (Phi) is 3.36. The molecule has 0 fully saturated rings. The Balaban J connectivity index is 2.67. The van der Waals surface area contributed by atoms with Crippen molar-refractivity contribution in [3.63, 3.8) is 0 Å². The zero-order valence-electron chi connectivity index (χ0n) is 11.3. The smallest absolute Gasteiger partial charge is 0.272 e. The van der Waals surface area contributed by atoms with Crippen molar-refractivity contribution in [3.8, 4) is 5.75 Å². The lowest BCUT2D eigenvalue weighted by atomic mass is 10.1. The Morgan fingerprint density at radius 1 is 1.16 bits per heavy atom. The van der Waals surface area contributed by atoms with Crippen molar-refractivity contribution in [1.29, 1.82) is 0 Å². The van der Waals surface area contributed by atoms with Crippen molar-refractivity contribution in [3.05, 3.63) is 41.5 Å². The molecule has 0 N–H and O–H groups in total. The van der Waals surface area contributed by atoms with Gasteiger partial charge in [-0.25, -0.2) is 17.4 Å². The number of methoxy groups -OCH3 is 1. The van der Waals surface area contributed by atoms with Crippen LogP contribution < -0.4 is 4.74 Å². The molecule has 5 nitrogen and oxygen atoms in total. The maximum Gasteiger partial charge on any atom is 0.272 e. The molecule has 19 heavy (non-hydrogen) atoms. The quantitative estimate of drug-likeness (QED) is 0.863. The molecule has 2 rings (SSSR count). The van der Waals surface area contributed by atoms with Crippen LogP contribution in [0.3, 0.4) is 0 Å². The largest absolute Gasteiger partial charge is 0.495 e. The fourth-order valence-corrected chi connectivity index (χ4v) is 3.18. The van der Waals surface area contributed by atoms with Gasteiger partial charge in [0.1, 0.15) is 17.0 Å². The SMILES string of the molecule is COc1cc(C)c(C)cc1S(=O)(=O)n1cnc(C)c1. The van der Waals surface area contributed by atoms with Crippen LogP contribution >= 0.6 is 0 Å². The topological polar surface area (TPSA) is 61.2 Å². The van der Waals surface area contributed by atoms with Gasteiger partial charge in [0.15, 0.2) is 0 Å². The van der Waals surface area contributed by atoms with E-state index < -0.39 is 10.0 Å². The summed E-state index contributed by atoms with van der Waals surface area (Å²) in [6, 6.07) is 3.35. The fourth-order valence-electron chi connectivity index (χ4n) is 1.77. The van der Waals surface area contributed by atoms with Crippen LogP contribution in [0.2, 0.25) is 0 Å². The molecule has 2 aromatic rings. The molecule has 102 valence electrons. The third kappa shape index (κ3) is 2.35. The molecule has 0 saturated carbocycles. The van der Waals surface area contributed by atoms with Gasteiger partial charge in [-0.1, -0.05) is 0 Å². The lowest BCUT2D eigenvalue weighted by Crippen LogP contribution is -2.13. The van der Waals surface area contributed by atoms with Crippen LogP contribution in [0.15, 0.2) is 29.6 Å². The molecule has 1 aromatic carbocycles. The van der Waals surface area contributed by atoms with Gasteiger partial charge < -0.3 is 4.74 Å². The number of hydrogen-bond donors (Lipinski definition) is 0. The van der Waals surface area contributed by atoms with Gasteiger partial charge in [-0.05, 0) is 44.0 Å². The summed E-state index contributed by atoms with van der Waals surface area (Å²) >= 11 is 0. The van der Waals surface area contributed by atoms with Crippen LogP contribution in [0, 0.1) is 20.8 Å². The zero-order valence-corrected chi connectivity index (χ0v) is 12.2. The first-order chi connectivity index (χ1) is 8.86. The highest BCUT2D eigenvalue weighted by Gasteiger charge is 2.22. The highest BCUT2D eigenvalue weighted by Crippen LogP contribution is 2.28. The minimum Gasteiger partial charge on any atom is -0.495 e. The number of imidazole rings is 1. The maximum absolute atomic E-state index is 12.5. The summed E-state index contributed by atoms with van der Waals surface area (Å²) in [5.74, 6) is 0.342. The Labute approximate surface area is 112 Å². The molecule has 0 aliphatic heterocycles. The molecule has 0 radical (unpaired) electrons. The third-order valence-electron chi connectivity index (χ3n) is 3.02. The second kappa shape index (κ2) is 4.70. The summed E-state index contributed by atoms with van der Waals surface area (Å²) in [6.45, 7) is 5.52. The standard InChI is InChI=1S/C13H16N2O3S/c1-9-5-12(18-4)13(6-10(9)2)19(16,17)15-7-11(3)14-8-15/h5-8H,1-4H3. The average molecular weight is 280 g/mol. The van der Waals surface area contributed by atoms with Crippen molar-refractivity contribution >= 4 is 10.0 Å². The lowest BCUT2D eigenvalue weighted by Gasteiger charge is -2.12. The molecule has 0 aliphatic carbocycles. The van der Waals surface area contributed by atoms with Gasteiger partial charge in [0.25, 0.3) is 10.0 Å². The fraction of sp³-hybridized carbons (Fsp3) is 0.308. The van der Waals surface area contributed by atoms with Crippen LogP contribution in [0.4, 0.5) is 0 Å². The summed E-state index contributed by atoms with van der Waals surface area (Å²) in [6.07, 6.45) is 2.77. The van der Waals surface area contributed by atoms with Gasteiger partial charge >= 0.3 is 0 Å². The molecule has 1 heterocycles. The molecule has 0 unspecified atom stereocenters. The monoisotopic (exact) mass is 280 g/mol. The Hall–Kier alpha value is -1.82. The van der Waals surface area contributed by atoms with Gasteiger partial charge in [-0.15, -0.1) is 0 Å². The van der Waals surface area contributed by atoms with Crippen molar-refractivity contribution in [1.82, 2.24) is 8.96 Å². The van der Waals surface area contributed by atoms with E-state index in [2.05, 4.69) is 4.98 Å². The zero-order chi connectivity index (χ0) is 14.2. The Bertz CT molecular complexity index is 717. The van der Waals surface area contributed by atoms with E-state index in [1.165, 1.54) is 19.6 Å². The average Bonchev–Trinajstić information content (AvgIpc) is 2.79. The van der Waals surface area contributed by atoms with E-state index in [4.69, 9.17) is 4.74 Å². The van der Waals surface area contributed by atoms with Gasteiger partial charge in [0.2, 0.25) is 0 Å². The van der Waals surface area contributed by atoms with Gasteiger partial charge in [-0.2, -0.15) is 0 Å². The number of ether oxygens (including phenoxy) is 1. The van der Waals surface area contributed by atoms with Gasteiger partial charge in [-0.3, -0.25) is 0 Å². The van der Waals surface area contributed by atoms with E-state index >= 15 is 0 Å². The summed E-state index contributed by atoms with van der Waals surface area (Å²) in [4.78, 5) is 4.10. The van der Waals surface area contributed by atoms with E-state index in [1.807, 2.05) is 13.8 Å². The molecule has 0 saturated heterocycles. The van der Waals surface area contributed by atoms with Crippen LogP contribution in [-0.4, -0.2) is 24.5 Å². The van der Waals surface area contributed by atoms with Gasteiger partial charge in [0, 0.05) is 6.20 Å². The van der Waals surface area contributed by atoms with Crippen LogP contribution in [0.1, 0.15) is 16.8 Å². The highest BCUT2D eigenvalue weighted by molar-refractivity contribution is 7.90. The summed E-state index contributed by atoms with van der Waals surface area (Å²) in [7, 11) is -2.21. The van der Waals surface area contributed by atoms with E-state index in [9.17, 15) is 8.42 Å². The summed E-state index contributed by atoms with van der Waals surface area (Å²) in [5.41, 5.74) is 2.53. The Morgan fingerprint density at radius 2 is 1.79 bits per heavy atom. The molecular weight excluding hydrogens is 264 g/mol. The molecule has 0 aliphatic rings. The van der Waals surface area contributed by atoms with Crippen LogP contribution in [0.25, 0.3) is 0 Å². The first kappa shape index (κ1) is 13.6. The van der Waals surface area contributed by atoms with E-state index in [1.54, 1.807) is 19.1 Å². The van der Waals surface area contributed by atoms with E-state index in [0.29, 0.717) is 11.4 Å². The second-order valence-corrected chi connectivity index (χ2v) is 6.25. The van der Waals surface area contributed by atoms with Crippen molar-refractivity contribution in [2.45, 2.75) is 25.7 Å². The highest BCUT2D eigenvalue weighted by atomic mass is 32.2.